The van der Waals surface area contributed by atoms with E-state index in [2.05, 4.69) is 15.7 Å². The Morgan fingerprint density at radius 3 is 2.71 bits per heavy atom. The lowest BCUT2D eigenvalue weighted by Crippen LogP contribution is -2.27. The van der Waals surface area contributed by atoms with Crippen LogP contribution in [-0.2, 0) is 18.3 Å². The number of carbonyl (C=O) groups excluding carboxylic acids is 1. The lowest BCUT2D eigenvalue weighted by molar-refractivity contribution is -0.384. The summed E-state index contributed by atoms with van der Waals surface area (Å²) in [6.07, 6.45) is 0.464. The van der Waals surface area contributed by atoms with Gasteiger partial charge in [0.15, 0.2) is 0 Å². The number of carbonyl (C=O) groups is 1. The van der Waals surface area contributed by atoms with Gasteiger partial charge in [-0.05, 0) is 6.42 Å². The van der Waals surface area contributed by atoms with Gasteiger partial charge in [0.2, 0.25) is 11.7 Å². The number of aryl methyl sites for hydroxylation is 2. The van der Waals surface area contributed by atoms with Crippen LogP contribution < -0.4 is 10.6 Å². The number of nitro groups is 1. The van der Waals surface area contributed by atoms with Crippen LogP contribution in [0.3, 0.4) is 0 Å². The first-order valence-corrected chi connectivity index (χ1v) is 5.16. The number of hydrogen-bond donors (Lipinski definition) is 2. The summed E-state index contributed by atoms with van der Waals surface area (Å²) in [7, 11) is 3.09. The summed E-state index contributed by atoms with van der Waals surface area (Å²) in [5, 5.41) is 20.1. The molecule has 0 aromatic carbocycles. The number of aromatic nitrogens is 2. The van der Waals surface area contributed by atoms with E-state index in [4.69, 9.17) is 0 Å². The molecule has 0 saturated heterocycles. The van der Waals surface area contributed by atoms with Crippen LogP contribution in [-0.4, -0.2) is 34.2 Å². The van der Waals surface area contributed by atoms with Gasteiger partial charge in [-0.1, -0.05) is 6.92 Å². The molecule has 0 spiro atoms. The number of nitrogens with zero attached hydrogens (tertiary/aromatic N) is 3. The van der Waals surface area contributed by atoms with Gasteiger partial charge in [-0.2, -0.15) is 5.10 Å². The van der Waals surface area contributed by atoms with Crippen molar-refractivity contribution in [2.24, 2.45) is 7.05 Å². The Hall–Kier alpha value is -2.12. The van der Waals surface area contributed by atoms with Crippen molar-refractivity contribution in [3.8, 4) is 0 Å². The van der Waals surface area contributed by atoms with E-state index in [1.807, 2.05) is 0 Å². The normalized spacial score (nSPS) is 10.1. The molecule has 1 rings (SSSR count). The number of likely N-dealkylation sites (N-methyl/N-ethyl adjacent to an activating group) is 1. The third kappa shape index (κ3) is 2.71. The Morgan fingerprint density at radius 1 is 1.59 bits per heavy atom. The second-order valence-electron chi connectivity index (χ2n) is 3.40. The summed E-state index contributed by atoms with van der Waals surface area (Å²) in [5.74, 6) is -0.00556. The summed E-state index contributed by atoms with van der Waals surface area (Å²) < 4.78 is 1.37. The Kier molecular flexibility index (Phi) is 4.02. The second kappa shape index (κ2) is 5.28. The van der Waals surface area contributed by atoms with E-state index < -0.39 is 4.92 Å². The third-order valence-corrected chi connectivity index (χ3v) is 2.30. The monoisotopic (exact) mass is 241 g/mol. The van der Waals surface area contributed by atoms with Crippen molar-refractivity contribution in [1.82, 2.24) is 15.1 Å². The van der Waals surface area contributed by atoms with Gasteiger partial charge >= 0.3 is 5.69 Å². The standard InChI is InChI=1S/C9H15N5O3/c1-4-6-8(14(16)17)9(13(3)12-6)11-5-7(15)10-2/h11H,4-5H2,1-3H3,(H,10,15). The van der Waals surface area contributed by atoms with Gasteiger partial charge in [-0.3, -0.25) is 14.9 Å². The Labute approximate surface area is 98.1 Å². The topological polar surface area (TPSA) is 102 Å². The molecule has 1 heterocycles. The highest BCUT2D eigenvalue weighted by Gasteiger charge is 2.25. The van der Waals surface area contributed by atoms with Crippen molar-refractivity contribution >= 4 is 17.4 Å². The van der Waals surface area contributed by atoms with Gasteiger partial charge in [0.25, 0.3) is 0 Å². The zero-order chi connectivity index (χ0) is 13.0. The lowest BCUT2D eigenvalue weighted by atomic mass is 10.3. The molecule has 8 nitrogen and oxygen atoms in total. The lowest BCUT2D eigenvalue weighted by Gasteiger charge is -2.04. The van der Waals surface area contributed by atoms with Gasteiger partial charge in [0.05, 0.1) is 11.5 Å². The number of anilines is 1. The summed E-state index contributed by atoms with van der Waals surface area (Å²) >= 11 is 0. The van der Waals surface area contributed by atoms with E-state index in [1.165, 1.54) is 11.7 Å². The van der Waals surface area contributed by atoms with Crippen LogP contribution in [0, 0.1) is 10.1 Å². The average Bonchev–Trinajstić information content (AvgIpc) is 2.62. The first-order valence-electron chi connectivity index (χ1n) is 5.16. The van der Waals surface area contributed by atoms with Crippen molar-refractivity contribution in [2.75, 3.05) is 18.9 Å². The Balaban J connectivity index is 3.01. The van der Waals surface area contributed by atoms with E-state index in [1.54, 1.807) is 14.0 Å². The van der Waals surface area contributed by atoms with Crippen LogP contribution in [0.25, 0.3) is 0 Å². The molecular weight excluding hydrogens is 226 g/mol. The molecule has 0 fully saturated rings. The highest BCUT2D eigenvalue weighted by atomic mass is 16.6. The molecule has 1 amide bonds. The van der Waals surface area contributed by atoms with Crippen molar-refractivity contribution in [2.45, 2.75) is 13.3 Å². The fraction of sp³-hybridized carbons (Fsp3) is 0.556. The summed E-state index contributed by atoms with van der Waals surface area (Å²) in [6, 6.07) is 0. The first kappa shape index (κ1) is 12.9. The summed E-state index contributed by atoms with van der Waals surface area (Å²) in [4.78, 5) is 21.5. The predicted octanol–water partition coefficient (Wildman–Crippen LogP) is 0.0486. The van der Waals surface area contributed by atoms with Crippen molar-refractivity contribution in [1.29, 1.82) is 0 Å². The zero-order valence-electron chi connectivity index (χ0n) is 9.98. The molecule has 1 aromatic heterocycles. The van der Waals surface area contributed by atoms with Crippen molar-refractivity contribution in [3.05, 3.63) is 15.8 Å². The minimum Gasteiger partial charge on any atom is -0.358 e. The minimum absolute atomic E-state index is 0.0278. The van der Waals surface area contributed by atoms with E-state index >= 15 is 0 Å². The molecular formula is C9H15N5O3. The third-order valence-electron chi connectivity index (χ3n) is 2.30. The van der Waals surface area contributed by atoms with E-state index in [-0.39, 0.29) is 24.0 Å². The average molecular weight is 241 g/mol. The maximum absolute atomic E-state index is 11.1. The predicted molar refractivity (Wildman–Crippen MR) is 61.8 cm³/mol. The molecule has 0 radical (unpaired) electrons. The van der Waals surface area contributed by atoms with Crippen LogP contribution in [0.5, 0.6) is 0 Å². The highest BCUT2D eigenvalue weighted by molar-refractivity contribution is 5.81. The zero-order valence-corrected chi connectivity index (χ0v) is 9.98. The molecule has 0 aliphatic heterocycles. The number of nitrogens with one attached hydrogen (secondary N) is 2. The number of rotatable bonds is 5. The Bertz CT molecular complexity index is 440. The van der Waals surface area contributed by atoms with Gasteiger partial charge in [0, 0.05) is 14.1 Å². The van der Waals surface area contributed by atoms with Crippen LogP contribution in [0.1, 0.15) is 12.6 Å². The largest absolute Gasteiger partial charge is 0.358 e. The molecule has 0 aliphatic carbocycles. The molecule has 0 bridgehead atoms. The summed E-state index contributed by atoms with van der Waals surface area (Å²) in [6.45, 7) is 1.76. The molecule has 1 aromatic rings. The molecule has 0 saturated carbocycles. The van der Waals surface area contributed by atoms with Crippen LogP contribution in [0.4, 0.5) is 11.5 Å². The Morgan fingerprint density at radius 2 is 2.24 bits per heavy atom. The van der Waals surface area contributed by atoms with E-state index in [9.17, 15) is 14.9 Å². The minimum atomic E-state index is -0.488. The van der Waals surface area contributed by atoms with Gasteiger partial charge in [-0.15, -0.1) is 0 Å². The quantitative estimate of drug-likeness (QED) is 0.560. The van der Waals surface area contributed by atoms with Crippen molar-refractivity contribution < 1.29 is 9.72 Å². The SMILES string of the molecule is CCc1nn(C)c(NCC(=O)NC)c1[N+](=O)[O-]. The number of amides is 1. The molecule has 0 atom stereocenters. The van der Waals surface area contributed by atoms with E-state index in [0.717, 1.165) is 0 Å². The summed E-state index contributed by atoms with van der Waals surface area (Å²) in [5.41, 5.74) is 0.329. The number of hydrogen-bond acceptors (Lipinski definition) is 5. The van der Waals surface area contributed by atoms with Gasteiger partial charge in [0.1, 0.15) is 5.69 Å². The molecule has 94 valence electrons. The van der Waals surface area contributed by atoms with Crippen LogP contribution in [0.2, 0.25) is 0 Å². The molecule has 8 heteroatoms. The van der Waals surface area contributed by atoms with Gasteiger partial charge < -0.3 is 10.6 Å². The fourth-order valence-corrected chi connectivity index (χ4v) is 1.45. The van der Waals surface area contributed by atoms with Crippen LogP contribution in [0.15, 0.2) is 0 Å². The van der Waals surface area contributed by atoms with Gasteiger partial charge in [-0.25, -0.2) is 4.68 Å². The maximum atomic E-state index is 11.1. The molecule has 2 N–H and O–H groups in total. The highest BCUT2D eigenvalue weighted by Crippen LogP contribution is 2.27. The maximum Gasteiger partial charge on any atom is 0.333 e. The first-order chi connectivity index (χ1) is 8.01. The van der Waals surface area contributed by atoms with Crippen LogP contribution >= 0.6 is 0 Å². The smallest absolute Gasteiger partial charge is 0.333 e. The van der Waals surface area contributed by atoms with E-state index in [0.29, 0.717) is 12.1 Å². The molecule has 0 aliphatic rings. The second-order valence-corrected chi connectivity index (χ2v) is 3.40. The van der Waals surface area contributed by atoms with Crippen molar-refractivity contribution in [3.63, 3.8) is 0 Å². The molecule has 0 unspecified atom stereocenters. The fourth-order valence-electron chi connectivity index (χ4n) is 1.45. The molecule has 17 heavy (non-hydrogen) atoms.